The molecule has 0 aromatic carbocycles. The number of imidazole rings is 1. The predicted octanol–water partition coefficient (Wildman–Crippen LogP) is -1.84. The fraction of sp³-hybridized carbons (Fsp3) is 0.679. The zero-order valence-electron chi connectivity index (χ0n) is 32.0. The van der Waals surface area contributed by atoms with E-state index >= 15 is 0 Å². The van der Waals surface area contributed by atoms with Gasteiger partial charge >= 0.3 is 0 Å². The molecule has 31 heteroatoms. The van der Waals surface area contributed by atoms with Gasteiger partial charge in [0.25, 0.3) is 15.6 Å². The number of ether oxygens (including phenoxy) is 1. The molecule has 7 atom stereocenters. The van der Waals surface area contributed by atoms with Gasteiger partial charge in [-0.1, -0.05) is 37.4 Å². The van der Waals surface area contributed by atoms with Gasteiger partial charge in [0.05, 0.1) is 27.4 Å². The van der Waals surface area contributed by atoms with Gasteiger partial charge in [-0.25, -0.2) is 19.3 Å². The molecule has 3 heterocycles. The Morgan fingerprint density at radius 2 is 1.66 bits per heavy atom. The van der Waals surface area contributed by atoms with E-state index in [1.807, 2.05) is 0 Å². The van der Waals surface area contributed by atoms with E-state index in [1.54, 1.807) is 0 Å². The standard InChI is InChI=1S/C25H42N7O17P3S3.C3H6O/c1-24(2,19(35)22(36)28-5-4-15(33)27-6-8-54-23(37)55-9-7-53)11-46-52(43,44)49-51(41,42)45-10-14-17(48-50(38,39)40)18(34)25(3,47-14)32-13-31-16-20(26)29-12-30-21(16)32;1-3(2)4/h12-14,17-19,34-35,53H,4-11H2,1-3H3,(H,27,33)(H,28,36)(H,41,42)(H,43,44)(H2,26,29,30)(H2,38,39,40);1-2H3/p-4. The van der Waals surface area contributed by atoms with Crippen molar-refractivity contribution in [3.8, 4) is 0 Å². The second-order valence-electron chi connectivity index (χ2n) is 13.1. The maximum absolute atomic E-state index is 12.6. The number of fused-ring (bicyclic) bond motifs is 1. The fourth-order valence-electron chi connectivity index (χ4n) is 4.73. The van der Waals surface area contributed by atoms with Crippen LogP contribution >= 0.6 is 59.6 Å². The first kappa shape index (κ1) is 53.1. The number of ketones is 1. The molecule has 0 spiro atoms. The molecule has 1 saturated heterocycles. The summed E-state index contributed by atoms with van der Waals surface area (Å²) in [6.45, 7) is 4.29. The number of nitrogens with one attached hydrogen (secondary N) is 2. The molecular formula is C28H44N7O18P3S3-4. The Balaban J connectivity index is 0.00000286. The number of carbonyl (C=O) groups excluding carboxylic acids is 4. The molecule has 25 nitrogen and oxygen atoms in total. The zero-order valence-corrected chi connectivity index (χ0v) is 37.2. The average molecular weight is 956 g/mol. The fourth-order valence-corrected chi connectivity index (χ4v) is 9.19. The van der Waals surface area contributed by atoms with Crippen LogP contribution in [0.3, 0.4) is 0 Å². The summed E-state index contributed by atoms with van der Waals surface area (Å²) in [5.41, 5.74) is 2.02. The summed E-state index contributed by atoms with van der Waals surface area (Å²) in [7, 11) is -17.6. The minimum atomic E-state index is -5.93. The normalized spacial score (nSPS) is 22.1. The number of carbonyl (C=O) groups is 4. The Bertz CT molecular complexity index is 1920. The van der Waals surface area contributed by atoms with Crippen LogP contribution in [-0.4, -0.2) is 120 Å². The lowest BCUT2D eigenvalue weighted by Crippen LogP contribution is -2.46. The molecule has 0 aliphatic carbocycles. The van der Waals surface area contributed by atoms with Crippen LogP contribution in [0.25, 0.3) is 11.2 Å². The lowest BCUT2D eigenvalue weighted by atomic mass is 9.87. The number of phosphoric ester groups is 3. The third-order valence-electron chi connectivity index (χ3n) is 7.49. The second kappa shape index (κ2) is 22.9. The van der Waals surface area contributed by atoms with Crippen LogP contribution in [0.15, 0.2) is 12.7 Å². The van der Waals surface area contributed by atoms with E-state index in [9.17, 15) is 62.7 Å². The number of aliphatic hydroxyl groups excluding tert-OH is 2. The molecule has 59 heavy (non-hydrogen) atoms. The molecule has 0 saturated carbocycles. The van der Waals surface area contributed by atoms with E-state index in [2.05, 4.69) is 56.1 Å². The Morgan fingerprint density at radius 3 is 2.27 bits per heavy atom. The van der Waals surface area contributed by atoms with Crippen molar-refractivity contribution < 1.29 is 85.3 Å². The van der Waals surface area contributed by atoms with Gasteiger partial charge in [-0.3, -0.25) is 28.1 Å². The second-order valence-corrected chi connectivity index (χ2v) is 20.0. The molecule has 3 rings (SSSR count). The van der Waals surface area contributed by atoms with Crippen LogP contribution in [0.4, 0.5) is 10.6 Å². The largest absolute Gasteiger partial charge is 0.790 e. The molecule has 0 radical (unpaired) electrons. The highest BCUT2D eigenvalue weighted by Gasteiger charge is 2.55. The van der Waals surface area contributed by atoms with E-state index in [0.717, 1.165) is 40.7 Å². The van der Waals surface area contributed by atoms with Crippen molar-refractivity contribution in [3.63, 3.8) is 0 Å². The van der Waals surface area contributed by atoms with Crippen LogP contribution in [-0.2, 0) is 56.4 Å². The molecule has 6 N–H and O–H groups in total. The highest BCUT2D eigenvalue weighted by atomic mass is 32.2. The highest BCUT2D eigenvalue weighted by Crippen LogP contribution is 2.56. The molecule has 2 aromatic heterocycles. The summed E-state index contributed by atoms with van der Waals surface area (Å²) in [6, 6.07) is 0. The number of hydrogen-bond acceptors (Lipinski definition) is 25. The van der Waals surface area contributed by atoms with Gasteiger partial charge in [-0.15, -0.1) is 0 Å². The molecule has 7 unspecified atom stereocenters. The number of thioether (sulfide) groups is 2. The van der Waals surface area contributed by atoms with Gasteiger partial charge in [-0.05, 0) is 26.5 Å². The van der Waals surface area contributed by atoms with Gasteiger partial charge in [0, 0.05) is 36.4 Å². The van der Waals surface area contributed by atoms with E-state index in [4.69, 9.17) is 10.5 Å². The number of aliphatic hydroxyl groups is 2. The molecule has 1 aliphatic rings. The number of hydrogen-bond donors (Lipinski definition) is 6. The maximum atomic E-state index is 12.6. The smallest absolute Gasteiger partial charge is 0.274 e. The van der Waals surface area contributed by atoms with Crippen LogP contribution < -0.4 is 35.9 Å². The highest BCUT2D eigenvalue weighted by molar-refractivity contribution is 8.38. The number of phosphoric acid groups is 3. The number of anilines is 1. The molecule has 1 aliphatic heterocycles. The molecule has 0 bridgehead atoms. The topological polar surface area (TPSA) is 392 Å². The number of nitrogens with zero attached hydrogens (tertiary/aromatic N) is 4. The van der Waals surface area contributed by atoms with Crippen molar-refractivity contribution in [2.45, 2.75) is 71.2 Å². The number of Topliss-reactive ketones (excluding diaryl/α,β-unsaturated/α-hetero) is 1. The molecular weight excluding hydrogens is 911 g/mol. The first-order chi connectivity index (χ1) is 27.1. The molecule has 1 fully saturated rings. The monoisotopic (exact) mass is 955 g/mol. The summed E-state index contributed by atoms with van der Waals surface area (Å²) >= 11 is 6.15. The molecule has 2 aromatic rings. The molecule has 2 amide bonds. The Hall–Kier alpha value is -2.07. The minimum Gasteiger partial charge on any atom is -0.790 e. The third kappa shape index (κ3) is 17.3. The van der Waals surface area contributed by atoms with Gasteiger partial charge in [-0.2, -0.15) is 12.6 Å². The zero-order chi connectivity index (χ0) is 45.0. The number of nitrogens with two attached hydrogens (primary N) is 1. The van der Waals surface area contributed by atoms with Crippen molar-refractivity contribution in [2.24, 2.45) is 5.41 Å². The summed E-state index contributed by atoms with van der Waals surface area (Å²) in [4.78, 5) is 105. The first-order valence-electron chi connectivity index (χ1n) is 16.9. The number of rotatable bonds is 21. The number of thiol groups is 1. The van der Waals surface area contributed by atoms with E-state index in [-0.39, 0.29) is 46.7 Å². The number of amides is 2. The first-order valence-corrected chi connectivity index (χ1v) is 23.9. The van der Waals surface area contributed by atoms with Crippen molar-refractivity contribution in [2.75, 3.05) is 49.3 Å². The van der Waals surface area contributed by atoms with Crippen LogP contribution in [0.2, 0.25) is 0 Å². The average Bonchev–Trinajstić information content (AvgIpc) is 3.66. The van der Waals surface area contributed by atoms with Crippen molar-refractivity contribution in [1.29, 1.82) is 0 Å². The molecule has 336 valence electrons. The van der Waals surface area contributed by atoms with Gasteiger partial charge in [0.1, 0.15) is 42.0 Å². The maximum Gasteiger partial charge on any atom is 0.274 e. The Labute approximate surface area is 351 Å². The van der Waals surface area contributed by atoms with Gasteiger partial charge in [0.15, 0.2) is 17.2 Å². The van der Waals surface area contributed by atoms with Crippen LogP contribution in [0.1, 0.15) is 41.0 Å². The summed E-state index contributed by atoms with van der Waals surface area (Å²) in [5, 5.41) is 26.4. The quantitative estimate of drug-likeness (QED) is 0.0455. The van der Waals surface area contributed by atoms with Crippen molar-refractivity contribution in [1.82, 2.24) is 30.2 Å². The van der Waals surface area contributed by atoms with Gasteiger partial charge in [0.2, 0.25) is 16.3 Å². The van der Waals surface area contributed by atoms with E-state index in [0.29, 0.717) is 17.3 Å². The van der Waals surface area contributed by atoms with Gasteiger partial charge < -0.3 is 73.8 Å². The SMILES string of the molecule is CC(C)(COP(=O)([O-])OP(=O)([O-])OCC1OC(C)(n2cnc3c(N)ncnc32)C(O)C1OP(=O)([O-])[O-])C(O)C(=O)NCCC(=O)NCCSC(=O)SCCS.CC(C)=O. The summed E-state index contributed by atoms with van der Waals surface area (Å²) in [6.07, 6.45) is -6.08. The van der Waals surface area contributed by atoms with E-state index < -0.39 is 84.1 Å². The lowest BCUT2D eigenvalue weighted by molar-refractivity contribution is -0.347. The van der Waals surface area contributed by atoms with E-state index in [1.165, 1.54) is 34.6 Å². The van der Waals surface area contributed by atoms with Crippen molar-refractivity contribution in [3.05, 3.63) is 12.7 Å². The minimum absolute atomic E-state index is 0.0337. The lowest BCUT2D eigenvalue weighted by Gasteiger charge is -2.36. The number of nitrogen functional groups attached to an aromatic ring is 1. The van der Waals surface area contributed by atoms with Crippen molar-refractivity contribution >= 4 is 98.6 Å². The third-order valence-corrected chi connectivity index (χ3v) is 13.0. The van der Waals surface area contributed by atoms with Crippen LogP contribution in [0, 0.1) is 5.41 Å². The number of aromatic nitrogens is 4. The predicted molar refractivity (Wildman–Crippen MR) is 206 cm³/mol. The van der Waals surface area contributed by atoms with Crippen LogP contribution in [0.5, 0.6) is 0 Å². The Kier molecular flexibility index (Phi) is 20.6. The summed E-state index contributed by atoms with van der Waals surface area (Å²) in [5.74, 6) is 0.0299. The summed E-state index contributed by atoms with van der Waals surface area (Å²) < 4.78 is 60.8. The Morgan fingerprint density at radius 1 is 1.05 bits per heavy atom.